The minimum atomic E-state index is -0.173. The number of nitrogens with two attached hydrogens (primary N) is 1. The predicted molar refractivity (Wildman–Crippen MR) is 69.4 cm³/mol. The molecule has 0 amide bonds. The van der Waals surface area contributed by atoms with Crippen molar-refractivity contribution in [2.45, 2.75) is 26.2 Å². The maximum Gasteiger partial charge on any atom is 0.290 e. The Balaban J connectivity index is 2.41. The van der Waals surface area contributed by atoms with Crippen molar-refractivity contribution in [3.8, 4) is 0 Å². The average Bonchev–Trinajstić information content (AvgIpc) is 2.83. The van der Waals surface area contributed by atoms with Crippen LogP contribution in [0.4, 0.5) is 5.82 Å². The van der Waals surface area contributed by atoms with Gasteiger partial charge < -0.3 is 5.73 Å². The molecule has 2 aromatic rings. The van der Waals surface area contributed by atoms with Gasteiger partial charge in [-0.1, -0.05) is 26.8 Å². The van der Waals surface area contributed by atoms with E-state index in [1.165, 1.54) is 16.0 Å². The van der Waals surface area contributed by atoms with Crippen LogP contribution >= 0.6 is 11.3 Å². The Bertz CT molecular complexity index is 535. The molecule has 0 fully saturated rings. The highest BCUT2D eigenvalue weighted by Gasteiger charge is 2.22. The molecule has 0 aromatic carbocycles. The monoisotopic (exact) mass is 249 g/mol. The molecular weight excluding hydrogens is 234 g/mol. The Morgan fingerprint density at radius 3 is 2.65 bits per heavy atom. The summed E-state index contributed by atoms with van der Waals surface area (Å²) >= 11 is 1.39. The van der Waals surface area contributed by atoms with Gasteiger partial charge in [0, 0.05) is 11.5 Å². The number of thiophene rings is 1. The van der Waals surface area contributed by atoms with E-state index < -0.39 is 0 Å². The summed E-state index contributed by atoms with van der Waals surface area (Å²) in [5.41, 5.74) is 6.53. The normalized spacial score (nSPS) is 11.7. The molecule has 0 saturated heterocycles. The third kappa shape index (κ3) is 2.24. The van der Waals surface area contributed by atoms with Crippen molar-refractivity contribution in [2.75, 3.05) is 5.73 Å². The van der Waals surface area contributed by atoms with Crippen molar-refractivity contribution >= 4 is 23.1 Å². The molecule has 0 radical (unpaired) electrons. The van der Waals surface area contributed by atoms with Crippen LogP contribution in [-0.4, -0.2) is 15.7 Å². The van der Waals surface area contributed by atoms with Gasteiger partial charge in [-0.25, -0.2) is 0 Å². The van der Waals surface area contributed by atoms with Crippen LogP contribution in [0.25, 0.3) is 0 Å². The molecule has 0 atom stereocenters. The highest BCUT2D eigenvalue weighted by molar-refractivity contribution is 7.12. The van der Waals surface area contributed by atoms with Gasteiger partial charge in [0.05, 0.1) is 10.6 Å². The molecule has 2 rings (SSSR count). The number of hydrogen-bond donors (Lipinski definition) is 1. The molecule has 0 aliphatic rings. The standard InChI is InChI=1S/C12H15N3OS/c1-12(2,3)9-7-10(13)15(14-9)11(16)8-5-4-6-17-8/h4-7H,13H2,1-3H3. The fraction of sp³-hybridized carbons (Fsp3) is 0.333. The summed E-state index contributed by atoms with van der Waals surface area (Å²) in [7, 11) is 0. The second-order valence-corrected chi connectivity index (χ2v) is 5.85. The van der Waals surface area contributed by atoms with Crippen LogP contribution in [0.5, 0.6) is 0 Å². The summed E-state index contributed by atoms with van der Waals surface area (Å²) in [5, 5.41) is 6.14. The lowest BCUT2D eigenvalue weighted by Crippen LogP contribution is -2.17. The Labute approximate surface area is 104 Å². The van der Waals surface area contributed by atoms with Gasteiger partial charge in [0.2, 0.25) is 0 Å². The Morgan fingerprint density at radius 1 is 1.47 bits per heavy atom. The van der Waals surface area contributed by atoms with Crippen LogP contribution in [0.1, 0.15) is 36.1 Å². The van der Waals surface area contributed by atoms with Crippen molar-refractivity contribution in [3.05, 3.63) is 34.2 Å². The quantitative estimate of drug-likeness (QED) is 0.844. The molecule has 2 heterocycles. The number of hydrogen-bond acceptors (Lipinski definition) is 4. The molecule has 0 unspecified atom stereocenters. The zero-order chi connectivity index (χ0) is 12.6. The van der Waals surface area contributed by atoms with E-state index in [4.69, 9.17) is 5.73 Å². The van der Waals surface area contributed by atoms with Gasteiger partial charge in [-0.15, -0.1) is 11.3 Å². The van der Waals surface area contributed by atoms with Crippen LogP contribution in [0, 0.1) is 0 Å². The summed E-state index contributed by atoms with van der Waals surface area (Å²) in [5.74, 6) is 0.210. The largest absolute Gasteiger partial charge is 0.383 e. The van der Waals surface area contributed by atoms with E-state index in [2.05, 4.69) is 5.10 Å². The molecule has 0 aliphatic carbocycles. The highest BCUT2D eigenvalue weighted by atomic mass is 32.1. The van der Waals surface area contributed by atoms with Crippen LogP contribution in [0.2, 0.25) is 0 Å². The fourth-order valence-electron chi connectivity index (χ4n) is 1.43. The first-order valence-electron chi connectivity index (χ1n) is 5.34. The first-order valence-corrected chi connectivity index (χ1v) is 6.22. The predicted octanol–water partition coefficient (Wildman–Crippen LogP) is 2.51. The third-order valence-corrected chi connectivity index (χ3v) is 3.29. The fourth-order valence-corrected chi connectivity index (χ4v) is 2.08. The Morgan fingerprint density at radius 2 is 2.18 bits per heavy atom. The SMILES string of the molecule is CC(C)(C)c1cc(N)n(C(=O)c2cccs2)n1. The molecule has 0 bridgehead atoms. The number of carbonyl (C=O) groups is 1. The zero-order valence-corrected chi connectivity index (χ0v) is 10.9. The van der Waals surface area contributed by atoms with Crippen LogP contribution in [0.15, 0.2) is 23.6 Å². The van der Waals surface area contributed by atoms with E-state index in [0.29, 0.717) is 10.7 Å². The average molecular weight is 249 g/mol. The molecule has 0 aliphatic heterocycles. The molecule has 4 nitrogen and oxygen atoms in total. The first-order chi connectivity index (χ1) is 7.89. The molecule has 2 aromatic heterocycles. The van der Waals surface area contributed by atoms with Crippen LogP contribution < -0.4 is 5.73 Å². The lowest BCUT2D eigenvalue weighted by atomic mass is 9.92. The maximum atomic E-state index is 12.1. The zero-order valence-electron chi connectivity index (χ0n) is 10.1. The van der Waals surface area contributed by atoms with Gasteiger partial charge in [0.15, 0.2) is 0 Å². The van der Waals surface area contributed by atoms with Crippen molar-refractivity contribution in [3.63, 3.8) is 0 Å². The summed E-state index contributed by atoms with van der Waals surface area (Å²) in [6.45, 7) is 6.11. The van der Waals surface area contributed by atoms with Crippen molar-refractivity contribution in [2.24, 2.45) is 0 Å². The first kappa shape index (κ1) is 11.9. The maximum absolute atomic E-state index is 12.1. The number of rotatable bonds is 1. The molecule has 0 saturated carbocycles. The van der Waals surface area contributed by atoms with Crippen molar-refractivity contribution in [1.29, 1.82) is 0 Å². The molecule has 90 valence electrons. The number of aromatic nitrogens is 2. The Kier molecular flexibility index (Phi) is 2.79. The number of carbonyl (C=O) groups excluding carboxylic acids is 1. The van der Waals surface area contributed by atoms with E-state index in [-0.39, 0.29) is 11.3 Å². The number of nitrogen functional groups attached to an aromatic ring is 1. The smallest absolute Gasteiger partial charge is 0.290 e. The minimum absolute atomic E-state index is 0.116. The Hall–Kier alpha value is -1.62. The summed E-state index contributed by atoms with van der Waals surface area (Å²) in [4.78, 5) is 12.7. The lowest BCUT2D eigenvalue weighted by Gasteiger charge is -2.13. The van der Waals surface area contributed by atoms with Gasteiger partial charge >= 0.3 is 0 Å². The van der Waals surface area contributed by atoms with Gasteiger partial charge in [0.1, 0.15) is 5.82 Å². The lowest BCUT2D eigenvalue weighted by molar-refractivity contribution is 0.0951. The van der Waals surface area contributed by atoms with E-state index in [1.807, 2.05) is 32.2 Å². The molecule has 5 heteroatoms. The molecular formula is C12H15N3OS. The second-order valence-electron chi connectivity index (χ2n) is 4.90. The topological polar surface area (TPSA) is 60.9 Å². The second kappa shape index (κ2) is 4.00. The van der Waals surface area contributed by atoms with Crippen LogP contribution in [0.3, 0.4) is 0 Å². The van der Waals surface area contributed by atoms with E-state index in [1.54, 1.807) is 12.1 Å². The van der Waals surface area contributed by atoms with Gasteiger partial charge in [-0.3, -0.25) is 4.79 Å². The van der Waals surface area contributed by atoms with E-state index in [0.717, 1.165) is 5.69 Å². The van der Waals surface area contributed by atoms with Crippen LogP contribution in [-0.2, 0) is 5.41 Å². The van der Waals surface area contributed by atoms with Crippen molar-refractivity contribution in [1.82, 2.24) is 9.78 Å². The number of nitrogens with zero attached hydrogens (tertiary/aromatic N) is 2. The summed E-state index contributed by atoms with van der Waals surface area (Å²) in [6.07, 6.45) is 0. The van der Waals surface area contributed by atoms with Gasteiger partial charge in [0.25, 0.3) is 5.91 Å². The summed E-state index contributed by atoms with van der Waals surface area (Å²) < 4.78 is 1.27. The third-order valence-electron chi connectivity index (χ3n) is 2.43. The van der Waals surface area contributed by atoms with E-state index >= 15 is 0 Å². The number of anilines is 1. The minimum Gasteiger partial charge on any atom is -0.383 e. The molecule has 0 spiro atoms. The molecule has 2 N–H and O–H groups in total. The van der Waals surface area contributed by atoms with E-state index in [9.17, 15) is 4.79 Å². The van der Waals surface area contributed by atoms with Crippen molar-refractivity contribution < 1.29 is 4.79 Å². The highest BCUT2D eigenvalue weighted by Crippen LogP contribution is 2.23. The summed E-state index contributed by atoms with van der Waals surface area (Å²) in [6, 6.07) is 5.36. The van der Waals surface area contributed by atoms with Gasteiger partial charge in [-0.2, -0.15) is 9.78 Å². The van der Waals surface area contributed by atoms with Gasteiger partial charge in [-0.05, 0) is 11.4 Å². The molecule has 17 heavy (non-hydrogen) atoms.